The first-order valence-corrected chi connectivity index (χ1v) is 9.55. The summed E-state index contributed by atoms with van der Waals surface area (Å²) >= 11 is 1.27. The lowest BCUT2D eigenvalue weighted by atomic mass is 9.97. The molecule has 0 radical (unpaired) electrons. The fraction of sp³-hybridized carbons (Fsp3) is 0.529. The summed E-state index contributed by atoms with van der Waals surface area (Å²) in [6.45, 7) is 1.10. The second-order valence-electron chi connectivity index (χ2n) is 6.51. The summed E-state index contributed by atoms with van der Waals surface area (Å²) < 4.78 is 4.74. The lowest BCUT2D eigenvalue weighted by Crippen LogP contribution is -2.50. The molecule has 3 rings (SSSR count). The van der Waals surface area contributed by atoms with Crippen LogP contribution < -0.4 is 10.2 Å². The highest BCUT2D eigenvalue weighted by molar-refractivity contribution is 7.14. The van der Waals surface area contributed by atoms with Gasteiger partial charge in [0.1, 0.15) is 11.0 Å². The molecule has 1 unspecified atom stereocenters. The Bertz CT molecular complexity index is 756. The molecule has 146 valence electrons. The number of carbonyl (C=O) groups is 4. The molecule has 2 aliphatic rings. The predicted octanol–water partition coefficient (Wildman–Crippen LogP) is 1.15. The van der Waals surface area contributed by atoms with Crippen molar-refractivity contribution in [1.82, 2.24) is 10.2 Å². The highest BCUT2D eigenvalue weighted by Crippen LogP contribution is 2.32. The predicted molar refractivity (Wildman–Crippen MR) is 96.9 cm³/mol. The number of nitrogens with one attached hydrogen (secondary N) is 1. The molecular formula is C17H21N3O6S. The number of carbonyl (C=O) groups excluding carboxylic acids is 3. The Morgan fingerprint density at radius 1 is 1.22 bits per heavy atom. The van der Waals surface area contributed by atoms with E-state index in [9.17, 15) is 19.2 Å². The van der Waals surface area contributed by atoms with Crippen LogP contribution in [-0.4, -0.2) is 66.7 Å². The number of anilines is 1. The number of urea groups is 1. The van der Waals surface area contributed by atoms with Crippen LogP contribution in [-0.2, 0) is 14.3 Å². The lowest BCUT2D eigenvalue weighted by Gasteiger charge is -2.30. The van der Waals surface area contributed by atoms with Crippen LogP contribution >= 0.6 is 11.3 Å². The Labute approximate surface area is 159 Å². The molecule has 0 aliphatic carbocycles. The number of thiophene rings is 1. The number of esters is 1. The van der Waals surface area contributed by atoms with Gasteiger partial charge in [-0.2, -0.15) is 0 Å². The molecule has 2 fully saturated rings. The molecule has 2 N–H and O–H groups in total. The zero-order valence-corrected chi connectivity index (χ0v) is 15.7. The Hall–Kier alpha value is -2.62. The Morgan fingerprint density at radius 2 is 1.93 bits per heavy atom. The highest BCUT2D eigenvalue weighted by atomic mass is 32.1. The smallest absolute Gasteiger partial charge is 0.340 e. The van der Waals surface area contributed by atoms with Crippen molar-refractivity contribution < 1.29 is 29.0 Å². The van der Waals surface area contributed by atoms with E-state index < -0.39 is 23.9 Å². The molecule has 27 heavy (non-hydrogen) atoms. The molecule has 0 aromatic carbocycles. The minimum absolute atomic E-state index is 0.267. The zero-order valence-electron chi connectivity index (χ0n) is 14.8. The van der Waals surface area contributed by atoms with E-state index in [0.29, 0.717) is 49.5 Å². The van der Waals surface area contributed by atoms with Crippen molar-refractivity contribution in [2.45, 2.75) is 25.3 Å². The average molecular weight is 395 g/mol. The number of hydrogen-bond donors (Lipinski definition) is 2. The van der Waals surface area contributed by atoms with Crippen LogP contribution in [0, 0.1) is 5.92 Å². The maximum Gasteiger partial charge on any atom is 0.340 e. The molecule has 0 saturated carbocycles. The molecule has 3 heterocycles. The summed E-state index contributed by atoms with van der Waals surface area (Å²) in [5.74, 6) is -2.04. The van der Waals surface area contributed by atoms with Crippen molar-refractivity contribution in [3.05, 3.63) is 17.0 Å². The van der Waals surface area contributed by atoms with Crippen LogP contribution in [0.15, 0.2) is 11.4 Å². The minimum atomic E-state index is -0.839. The fourth-order valence-electron chi connectivity index (χ4n) is 3.36. The Morgan fingerprint density at radius 3 is 2.56 bits per heavy atom. The third kappa shape index (κ3) is 3.90. The minimum Gasteiger partial charge on any atom is -0.481 e. The van der Waals surface area contributed by atoms with E-state index in [1.54, 1.807) is 16.3 Å². The Kier molecular flexibility index (Phi) is 5.64. The number of ether oxygens (including phenoxy) is 1. The first kappa shape index (κ1) is 19.2. The number of nitrogens with zero attached hydrogens (tertiary/aromatic N) is 2. The third-order valence-corrected chi connectivity index (χ3v) is 5.87. The van der Waals surface area contributed by atoms with Gasteiger partial charge in [0.05, 0.1) is 18.6 Å². The second kappa shape index (κ2) is 7.95. The van der Waals surface area contributed by atoms with Crippen LogP contribution in [0.4, 0.5) is 9.80 Å². The number of hydrogen-bond acceptors (Lipinski definition) is 6. The largest absolute Gasteiger partial charge is 0.481 e. The quantitative estimate of drug-likeness (QED) is 0.739. The molecule has 1 aromatic rings. The zero-order chi connectivity index (χ0) is 19.6. The van der Waals surface area contributed by atoms with Gasteiger partial charge in [0.25, 0.3) is 0 Å². The normalized spacial score (nSPS) is 20.6. The van der Waals surface area contributed by atoms with Crippen molar-refractivity contribution in [2.24, 2.45) is 5.92 Å². The number of methoxy groups -OCH3 is 1. The summed E-state index contributed by atoms with van der Waals surface area (Å²) in [4.78, 5) is 51.0. The summed E-state index contributed by atoms with van der Waals surface area (Å²) in [6, 6.07) is 0.582. The first-order chi connectivity index (χ1) is 12.9. The maximum atomic E-state index is 12.7. The van der Waals surface area contributed by atoms with Crippen LogP contribution in [0.5, 0.6) is 0 Å². The van der Waals surface area contributed by atoms with Gasteiger partial charge in [-0.3, -0.25) is 9.59 Å². The number of piperidine rings is 1. The summed E-state index contributed by atoms with van der Waals surface area (Å²) in [5.41, 5.74) is 0.332. The van der Waals surface area contributed by atoms with Crippen molar-refractivity contribution in [2.75, 3.05) is 31.6 Å². The standard InChI is InChI=1S/C17H21N3O6S/c1-26-16(24)11-5-9-27-14(11)20-8-4-12(13(20)21)18-17(25)19-6-2-10(3-7-19)15(22)23/h5,9-10,12H,2-4,6-8H2,1H3,(H,18,25)(H,22,23). The number of carboxylic acids is 1. The van der Waals surface area contributed by atoms with Gasteiger partial charge in [0.2, 0.25) is 5.91 Å². The van der Waals surface area contributed by atoms with E-state index >= 15 is 0 Å². The number of aliphatic carboxylic acids is 1. The molecule has 0 bridgehead atoms. The Balaban J connectivity index is 1.60. The van der Waals surface area contributed by atoms with Crippen LogP contribution in [0.1, 0.15) is 29.6 Å². The third-order valence-electron chi connectivity index (χ3n) is 4.93. The van der Waals surface area contributed by atoms with Crippen LogP contribution in [0.25, 0.3) is 0 Å². The molecule has 0 spiro atoms. The number of likely N-dealkylation sites (tertiary alicyclic amines) is 1. The molecule has 1 aromatic heterocycles. The molecule has 2 saturated heterocycles. The average Bonchev–Trinajstić information content (AvgIpc) is 3.28. The van der Waals surface area contributed by atoms with E-state index in [0.717, 1.165) is 0 Å². The molecule has 1 atom stereocenters. The highest BCUT2D eigenvalue weighted by Gasteiger charge is 2.37. The molecular weight excluding hydrogens is 374 g/mol. The number of rotatable bonds is 4. The monoisotopic (exact) mass is 395 g/mol. The van der Waals surface area contributed by atoms with Gasteiger partial charge in [-0.05, 0) is 30.7 Å². The van der Waals surface area contributed by atoms with E-state index in [1.807, 2.05) is 0 Å². The summed E-state index contributed by atoms with van der Waals surface area (Å²) in [5, 5.41) is 14.0. The van der Waals surface area contributed by atoms with Gasteiger partial charge >= 0.3 is 18.0 Å². The van der Waals surface area contributed by atoms with Crippen molar-refractivity contribution in [3.8, 4) is 0 Å². The van der Waals surface area contributed by atoms with Crippen LogP contribution in [0.2, 0.25) is 0 Å². The van der Waals surface area contributed by atoms with Crippen molar-refractivity contribution in [3.63, 3.8) is 0 Å². The van der Waals surface area contributed by atoms with E-state index in [1.165, 1.54) is 23.3 Å². The SMILES string of the molecule is COC(=O)c1ccsc1N1CCC(NC(=O)N2CCC(C(=O)O)CC2)C1=O. The number of carboxylic acid groups (broad SMARTS) is 1. The molecule has 3 amide bonds. The van der Waals surface area contributed by atoms with E-state index in [-0.39, 0.29) is 11.9 Å². The van der Waals surface area contributed by atoms with Gasteiger partial charge in [-0.1, -0.05) is 0 Å². The maximum absolute atomic E-state index is 12.7. The number of amides is 3. The van der Waals surface area contributed by atoms with Crippen molar-refractivity contribution in [1.29, 1.82) is 0 Å². The fourth-order valence-corrected chi connectivity index (χ4v) is 4.28. The van der Waals surface area contributed by atoms with Gasteiger partial charge < -0.3 is 25.0 Å². The molecule has 9 nitrogen and oxygen atoms in total. The van der Waals surface area contributed by atoms with E-state index in [4.69, 9.17) is 9.84 Å². The van der Waals surface area contributed by atoms with Gasteiger partial charge in [-0.25, -0.2) is 9.59 Å². The molecule has 10 heteroatoms. The van der Waals surface area contributed by atoms with Gasteiger partial charge in [-0.15, -0.1) is 11.3 Å². The molecule has 2 aliphatic heterocycles. The summed E-state index contributed by atoms with van der Waals surface area (Å²) in [7, 11) is 1.28. The van der Waals surface area contributed by atoms with Gasteiger partial charge in [0, 0.05) is 19.6 Å². The lowest BCUT2D eigenvalue weighted by molar-refractivity contribution is -0.143. The topological polar surface area (TPSA) is 116 Å². The van der Waals surface area contributed by atoms with E-state index in [2.05, 4.69) is 5.32 Å². The van der Waals surface area contributed by atoms with Crippen molar-refractivity contribution >= 4 is 40.2 Å². The van der Waals surface area contributed by atoms with Gasteiger partial charge in [0.15, 0.2) is 0 Å². The second-order valence-corrected chi connectivity index (χ2v) is 7.41. The first-order valence-electron chi connectivity index (χ1n) is 8.67. The summed E-state index contributed by atoms with van der Waals surface area (Å²) in [6.07, 6.45) is 1.25. The van der Waals surface area contributed by atoms with Crippen LogP contribution in [0.3, 0.4) is 0 Å².